The second-order valence-electron chi connectivity index (χ2n) is 3.96. The van der Waals surface area contributed by atoms with Crippen LogP contribution in [0.1, 0.15) is 12.8 Å². The molecule has 72 valence electrons. The molecule has 2 N–H and O–H groups in total. The van der Waals surface area contributed by atoms with Crippen molar-refractivity contribution in [2.45, 2.75) is 12.8 Å². The van der Waals surface area contributed by atoms with Crippen LogP contribution in [-0.4, -0.2) is 45.3 Å². The van der Waals surface area contributed by atoms with Crippen LogP contribution in [0.2, 0.25) is 0 Å². The molecule has 1 unspecified atom stereocenters. The van der Waals surface area contributed by atoms with E-state index < -0.39 is 0 Å². The summed E-state index contributed by atoms with van der Waals surface area (Å²) in [7, 11) is 3.94. The van der Waals surface area contributed by atoms with E-state index >= 15 is 0 Å². The average molecular weight is 172 g/mol. The van der Waals surface area contributed by atoms with Gasteiger partial charge in [0.15, 0.2) is 0 Å². The van der Waals surface area contributed by atoms with Crippen molar-refractivity contribution >= 4 is 0 Å². The predicted octanol–water partition coefficient (Wildman–Crippen LogP) is 0.304. The van der Waals surface area contributed by atoms with Gasteiger partial charge in [0.05, 0.1) is 6.61 Å². The van der Waals surface area contributed by atoms with Gasteiger partial charge in [0, 0.05) is 19.1 Å². The highest BCUT2D eigenvalue weighted by Crippen LogP contribution is 2.32. The monoisotopic (exact) mass is 172 g/mol. The van der Waals surface area contributed by atoms with Gasteiger partial charge in [-0.15, -0.1) is 0 Å². The van der Waals surface area contributed by atoms with Crippen molar-refractivity contribution in [1.82, 2.24) is 4.90 Å². The van der Waals surface area contributed by atoms with Gasteiger partial charge in [-0.2, -0.15) is 0 Å². The normalized spacial score (nSPS) is 31.2. The van der Waals surface area contributed by atoms with E-state index in [0.717, 1.165) is 26.1 Å². The molecule has 1 rings (SSSR count). The molecule has 0 bridgehead atoms. The Labute approximate surface area is 74.9 Å². The van der Waals surface area contributed by atoms with Gasteiger partial charge in [0.1, 0.15) is 0 Å². The van der Waals surface area contributed by atoms with Crippen molar-refractivity contribution in [3.05, 3.63) is 0 Å². The largest absolute Gasteiger partial charge is 0.384 e. The number of ether oxygens (including phenoxy) is 1. The predicted molar refractivity (Wildman–Crippen MR) is 50.1 cm³/mol. The fourth-order valence-electron chi connectivity index (χ4n) is 2.17. The maximum atomic E-state index is 5.60. The summed E-state index contributed by atoms with van der Waals surface area (Å²) >= 11 is 0. The lowest BCUT2D eigenvalue weighted by Crippen LogP contribution is -2.32. The fourth-order valence-corrected chi connectivity index (χ4v) is 2.17. The molecule has 1 aliphatic rings. The zero-order valence-electron chi connectivity index (χ0n) is 8.18. The molecule has 1 atom stereocenters. The van der Waals surface area contributed by atoms with Crippen molar-refractivity contribution in [2.24, 2.45) is 11.1 Å². The van der Waals surface area contributed by atoms with Gasteiger partial charge >= 0.3 is 0 Å². The third-order valence-corrected chi connectivity index (χ3v) is 2.75. The van der Waals surface area contributed by atoms with E-state index in [1.165, 1.54) is 13.0 Å². The molecular formula is C9H20N2O. The van der Waals surface area contributed by atoms with E-state index in [0.29, 0.717) is 5.41 Å². The summed E-state index contributed by atoms with van der Waals surface area (Å²) in [5.41, 5.74) is 5.94. The second-order valence-corrected chi connectivity index (χ2v) is 3.96. The second kappa shape index (κ2) is 4.21. The van der Waals surface area contributed by atoms with Gasteiger partial charge in [-0.3, -0.25) is 0 Å². The third-order valence-electron chi connectivity index (χ3n) is 2.75. The molecule has 12 heavy (non-hydrogen) atoms. The van der Waals surface area contributed by atoms with Crippen LogP contribution in [0.3, 0.4) is 0 Å². The molecule has 1 aliphatic heterocycles. The van der Waals surface area contributed by atoms with Crippen LogP contribution in [0.25, 0.3) is 0 Å². The Morgan fingerprint density at radius 1 is 1.58 bits per heavy atom. The number of hydrogen-bond acceptors (Lipinski definition) is 3. The van der Waals surface area contributed by atoms with E-state index in [1.807, 2.05) is 0 Å². The molecule has 1 fully saturated rings. The van der Waals surface area contributed by atoms with E-state index in [9.17, 15) is 0 Å². The van der Waals surface area contributed by atoms with Gasteiger partial charge in [-0.25, -0.2) is 0 Å². The number of likely N-dealkylation sites (tertiary alicyclic amines) is 1. The number of methoxy groups -OCH3 is 1. The lowest BCUT2D eigenvalue weighted by Gasteiger charge is -2.27. The van der Waals surface area contributed by atoms with Crippen molar-refractivity contribution in [1.29, 1.82) is 0 Å². The summed E-state index contributed by atoms with van der Waals surface area (Å²) in [6, 6.07) is 0. The SMILES string of the molecule is COCC1(CCN)CCN(C)C1. The minimum atomic E-state index is 0.345. The quantitative estimate of drug-likeness (QED) is 0.663. The molecule has 0 radical (unpaired) electrons. The third kappa shape index (κ3) is 2.19. The van der Waals surface area contributed by atoms with Gasteiger partial charge in [0.2, 0.25) is 0 Å². The molecule has 1 heterocycles. The van der Waals surface area contributed by atoms with Gasteiger partial charge < -0.3 is 15.4 Å². The van der Waals surface area contributed by atoms with Crippen molar-refractivity contribution in [3.63, 3.8) is 0 Å². The molecule has 3 nitrogen and oxygen atoms in total. The van der Waals surface area contributed by atoms with Crippen molar-refractivity contribution < 1.29 is 4.74 Å². The number of hydrogen-bond donors (Lipinski definition) is 1. The highest BCUT2D eigenvalue weighted by Gasteiger charge is 2.35. The van der Waals surface area contributed by atoms with Gasteiger partial charge in [-0.1, -0.05) is 0 Å². The van der Waals surface area contributed by atoms with Crippen LogP contribution in [0, 0.1) is 5.41 Å². The summed E-state index contributed by atoms with van der Waals surface area (Å²) < 4.78 is 5.25. The zero-order valence-corrected chi connectivity index (χ0v) is 8.18. The first-order valence-corrected chi connectivity index (χ1v) is 4.60. The highest BCUT2D eigenvalue weighted by atomic mass is 16.5. The van der Waals surface area contributed by atoms with Gasteiger partial charge in [-0.05, 0) is 33.0 Å². The van der Waals surface area contributed by atoms with Crippen molar-refractivity contribution in [3.8, 4) is 0 Å². The summed E-state index contributed by atoms with van der Waals surface area (Å²) in [6.07, 6.45) is 2.32. The van der Waals surface area contributed by atoms with Crippen LogP contribution in [0.4, 0.5) is 0 Å². The summed E-state index contributed by atoms with van der Waals surface area (Å²) in [4.78, 5) is 2.36. The van der Waals surface area contributed by atoms with E-state index in [1.54, 1.807) is 7.11 Å². The van der Waals surface area contributed by atoms with Crippen LogP contribution in [-0.2, 0) is 4.74 Å². The average Bonchev–Trinajstić information content (AvgIpc) is 2.34. The molecule has 0 aromatic carbocycles. The number of nitrogens with two attached hydrogens (primary N) is 1. The minimum absolute atomic E-state index is 0.345. The first-order valence-electron chi connectivity index (χ1n) is 4.60. The molecular weight excluding hydrogens is 152 g/mol. The Morgan fingerprint density at radius 2 is 2.33 bits per heavy atom. The summed E-state index contributed by atoms with van der Waals surface area (Å²) in [6.45, 7) is 3.95. The number of nitrogens with zero attached hydrogens (tertiary/aromatic N) is 1. The maximum Gasteiger partial charge on any atom is 0.0531 e. The maximum absolute atomic E-state index is 5.60. The van der Waals surface area contributed by atoms with E-state index in [-0.39, 0.29) is 0 Å². The smallest absolute Gasteiger partial charge is 0.0531 e. The van der Waals surface area contributed by atoms with Crippen LogP contribution < -0.4 is 5.73 Å². The molecule has 1 saturated heterocycles. The van der Waals surface area contributed by atoms with Crippen LogP contribution in [0.5, 0.6) is 0 Å². The Kier molecular flexibility index (Phi) is 3.50. The topological polar surface area (TPSA) is 38.5 Å². The minimum Gasteiger partial charge on any atom is -0.384 e. The number of rotatable bonds is 4. The van der Waals surface area contributed by atoms with Gasteiger partial charge in [0.25, 0.3) is 0 Å². The van der Waals surface area contributed by atoms with Crippen LogP contribution in [0.15, 0.2) is 0 Å². The summed E-state index contributed by atoms with van der Waals surface area (Å²) in [5.74, 6) is 0. The molecule has 0 spiro atoms. The van der Waals surface area contributed by atoms with Crippen molar-refractivity contribution in [2.75, 3.05) is 40.4 Å². The van der Waals surface area contributed by atoms with Crippen LogP contribution >= 0.6 is 0 Å². The first kappa shape index (κ1) is 9.96. The Balaban J connectivity index is 2.48. The molecule has 0 aromatic heterocycles. The zero-order chi connectivity index (χ0) is 9.03. The molecule has 0 amide bonds. The Bertz CT molecular complexity index is 127. The highest BCUT2D eigenvalue weighted by molar-refractivity contribution is 4.88. The van der Waals surface area contributed by atoms with E-state index in [2.05, 4.69) is 11.9 Å². The van der Waals surface area contributed by atoms with E-state index in [4.69, 9.17) is 10.5 Å². The molecule has 3 heteroatoms. The standard InChI is InChI=1S/C9H20N2O/c1-11-6-4-9(7-11,3-5-10)8-12-2/h3-8,10H2,1-2H3. The lowest BCUT2D eigenvalue weighted by molar-refractivity contribution is 0.0809. The Hall–Kier alpha value is -0.120. The first-order chi connectivity index (χ1) is 5.72. The lowest BCUT2D eigenvalue weighted by atomic mass is 9.84. The summed E-state index contributed by atoms with van der Waals surface area (Å²) in [5, 5.41) is 0. The fraction of sp³-hybridized carbons (Fsp3) is 1.00. The molecule has 0 aromatic rings. The Morgan fingerprint density at radius 3 is 2.75 bits per heavy atom. The molecule has 0 saturated carbocycles. The molecule has 0 aliphatic carbocycles.